The number of likely N-dealkylation sites (tertiary alicyclic amines) is 1. The predicted octanol–water partition coefficient (Wildman–Crippen LogP) is 0.901. The smallest absolute Gasteiger partial charge is 0.223 e. The number of hydrogen-bond donors (Lipinski definition) is 1. The summed E-state index contributed by atoms with van der Waals surface area (Å²) in [5.41, 5.74) is 1.01. The first-order valence-corrected chi connectivity index (χ1v) is 4.99. The van der Waals surface area contributed by atoms with Crippen LogP contribution in [0.4, 0.5) is 5.95 Å². The second kappa shape index (κ2) is 3.92. The highest BCUT2D eigenvalue weighted by atomic mass is 15.2. The van der Waals surface area contributed by atoms with E-state index in [4.69, 9.17) is 0 Å². The van der Waals surface area contributed by atoms with E-state index in [2.05, 4.69) is 27.2 Å². The topological polar surface area (TPSA) is 41.1 Å². The van der Waals surface area contributed by atoms with Crippen molar-refractivity contribution in [1.82, 2.24) is 14.9 Å². The van der Waals surface area contributed by atoms with Crippen LogP contribution in [0.3, 0.4) is 0 Å². The van der Waals surface area contributed by atoms with Crippen molar-refractivity contribution in [1.29, 1.82) is 0 Å². The Morgan fingerprint density at radius 2 is 2.43 bits per heavy atom. The maximum absolute atomic E-state index is 4.32. The van der Waals surface area contributed by atoms with Crippen molar-refractivity contribution in [3.8, 4) is 0 Å². The summed E-state index contributed by atoms with van der Waals surface area (Å²) >= 11 is 0. The Hall–Kier alpha value is -1.16. The highest BCUT2D eigenvalue weighted by Gasteiger charge is 2.19. The Labute approximate surface area is 84.4 Å². The molecule has 1 aromatic rings. The zero-order valence-electron chi connectivity index (χ0n) is 8.70. The van der Waals surface area contributed by atoms with E-state index in [-0.39, 0.29) is 0 Å². The van der Waals surface area contributed by atoms with E-state index in [1.54, 1.807) is 6.20 Å². The van der Waals surface area contributed by atoms with Gasteiger partial charge in [0.25, 0.3) is 0 Å². The first kappa shape index (κ1) is 9.40. The highest BCUT2D eigenvalue weighted by Crippen LogP contribution is 2.11. The minimum Gasteiger partial charge on any atom is -0.350 e. The Balaban J connectivity index is 1.97. The molecule has 4 heteroatoms. The van der Waals surface area contributed by atoms with Gasteiger partial charge in [-0.2, -0.15) is 0 Å². The monoisotopic (exact) mass is 192 g/mol. The van der Waals surface area contributed by atoms with Crippen molar-refractivity contribution in [2.75, 3.05) is 25.5 Å². The molecule has 0 spiro atoms. The van der Waals surface area contributed by atoms with E-state index < -0.39 is 0 Å². The average Bonchev–Trinajstić information content (AvgIpc) is 2.51. The zero-order chi connectivity index (χ0) is 9.97. The van der Waals surface area contributed by atoms with E-state index in [0.29, 0.717) is 6.04 Å². The molecule has 1 aliphatic heterocycles. The molecule has 2 heterocycles. The van der Waals surface area contributed by atoms with Crippen LogP contribution >= 0.6 is 0 Å². The molecular formula is C10H16N4. The Morgan fingerprint density at radius 1 is 1.57 bits per heavy atom. The molecule has 1 N–H and O–H groups in total. The second-order valence-corrected chi connectivity index (χ2v) is 3.91. The fourth-order valence-electron chi connectivity index (χ4n) is 1.75. The predicted molar refractivity (Wildman–Crippen MR) is 56.3 cm³/mol. The molecule has 76 valence electrons. The number of nitrogens with one attached hydrogen (secondary N) is 1. The largest absolute Gasteiger partial charge is 0.350 e. The minimum absolute atomic E-state index is 0.502. The number of anilines is 1. The van der Waals surface area contributed by atoms with E-state index in [1.165, 1.54) is 6.42 Å². The molecule has 1 atom stereocenters. The van der Waals surface area contributed by atoms with Crippen molar-refractivity contribution in [2.45, 2.75) is 19.4 Å². The molecule has 0 aromatic carbocycles. The third kappa shape index (κ3) is 2.20. The SMILES string of the molecule is Cc1ccnc(NC2CCN(C)C2)n1. The average molecular weight is 192 g/mol. The Morgan fingerprint density at radius 3 is 3.07 bits per heavy atom. The van der Waals surface area contributed by atoms with Gasteiger partial charge in [-0.1, -0.05) is 0 Å². The number of rotatable bonds is 2. The first-order chi connectivity index (χ1) is 6.74. The van der Waals surface area contributed by atoms with Gasteiger partial charge in [-0.25, -0.2) is 9.97 Å². The third-order valence-electron chi connectivity index (χ3n) is 2.52. The van der Waals surface area contributed by atoms with E-state index in [1.807, 2.05) is 13.0 Å². The van der Waals surface area contributed by atoms with Gasteiger partial charge < -0.3 is 10.2 Å². The fourth-order valence-corrected chi connectivity index (χ4v) is 1.75. The maximum atomic E-state index is 4.32. The number of likely N-dealkylation sites (N-methyl/N-ethyl adjacent to an activating group) is 1. The van der Waals surface area contributed by atoms with Gasteiger partial charge in [-0.3, -0.25) is 0 Å². The lowest BCUT2D eigenvalue weighted by Crippen LogP contribution is -2.24. The fraction of sp³-hybridized carbons (Fsp3) is 0.600. The second-order valence-electron chi connectivity index (χ2n) is 3.91. The van der Waals surface area contributed by atoms with Crippen LogP contribution < -0.4 is 5.32 Å². The molecular weight excluding hydrogens is 176 g/mol. The minimum atomic E-state index is 0.502. The molecule has 1 saturated heterocycles. The van der Waals surface area contributed by atoms with Crippen molar-refractivity contribution < 1.29 is 0 Å². The van der Waals surface area contributed by atoms with Crippen LogP contribution in [0.15, 0.2) is 12.3 Å². The standard InChI is InChI=1S/C10H16N4/c1-8-3-5-11-10(12-8)13-9-4-6-14(2)7-9/h3,5,9H,4,6-7H2,1-2H3,(H,11,12,13). The molecule has 0 amide bonds. The van der Waals surface area contributed by atoms with Gasteiger partial charge in [0.2, 0.25) is 5.95 Å². The number of hydrogen-bond acceptors (Lipinski definition) is 4. The van der Waals surface area contributed by atoms with Crippen LogP contribution in [-0.4, -0.2) is 41.0 Å². The summed E-state index contributed by atoms with van der Waals surface area (Å²) in [6.45, 7) is 4.22. The summed E-state index contributed by atoms with van der Waals surface area (Å²) in [7, 11) is 2.14. The van der Waals surface area contributed by atoms with E-state index >= 15 is 0 Å². The third-order valence-corrected chi connectivity index (χ3v) is 2.52. The summed E-state index contributed by atoms with van der Waals surface area (Å²) < 4.78 is 0. The summed E-state index contributed by atoms with van der Waals surface area (Å²) in [5.74, 6) is 0.755. The van der Waals surface area contributed by atoms with Crippen molar-refractivity contribution in [3.63, 3.8) is 0 Å². The molecule has 0 bridgehead atoms. The summed E-state index contributed by atoms with van der Waals surface area (Å²) in [6.07, 6.45) is 2.97. The van der Waals surface area contributed by atoms with Crippen LogP contribution in [0.25, 0.3) is 0 Å². The quantitative estimate of drug-likeness (QED) is 0.756. The number of nitrogens with zero attached hydrogens (tertiary/aromatic N) is 3. The van der Waals surface area contributed by atoms with Crippen LogP contribution in [0.5, 0.6) is 0 Å². The lowest BCUT2D eigenvalue weighted by atomic mass is 10.3. The van der Waals surface area contributed by atoms with Crippen molar-refractivity contribution in [3.05, 3.63) is 18.0 Å². The molecule has 1 unspecified atom stereocenters. The number of aryl methyl sites for hydroxylation is 1. The van der Waals surface area contributed by atoms with Crippen LogP contribution in [0.2, 0.25) is 0 Å². The first-order valence-electron chi connectivity index (χ1n) is 4.99. The van der Waals surface area contributed by atoms with E-state index in [0.717, 1.165) is 24.7 Å². The van der Waals surface area contributed by atoms with Gasteiger partial charge >= 0.3 is 0 Å². The summed E-state index contributed by atoms with van der Waals surface area (Å²) in [5, 5.41) is 3.35. The summed E-state index contributed by atoms with van der Waals surface area (Å²) in [6, 6.07) is 2.41. The van der Waals surface area contributed by atoms with Crippen molar-refractivity contribution >= 4 is 5.95 Å². The van der Waals surface area contributed by atoms with Gasteiger partial charge in [0.15, 0.2) is 0 Å². The summed E-state index contributed by atoms with van der Waals surface area (Å²) in [4.78, 5) is 10.8. The Bertz CT molecular complexity index is 313. The molecule has 1 aromatic heterocycles. The molecule has 0 radical (unpaired) electrons. The normalized spacial score (nSPS) is 22.6. The number of aromatic nitrogens is 2. The van der Waals surface area contributed by atoms with Gasteiger partial charge in [0.1, 0.15) is 0 Å². The van der Waals surface area contributed by atoms with E-state index in [9.17, 15) is 0 Å². The van der Waals surface area contributed by atoms with Gasteiger partial charge in [0, 0.05) is 24.5 Å². The molecule has 1 fully saturated rings. The molecule has 14 heavy (non-hydrogen) atoms. The molecule has 0 aliphatic carbocycles. The highest BCUT2D eigenvalue weighted by molar-refractivity contribution is 5.27. The maximum Gasteiger partial charge on any atom is 0.223 e. The van der Waals surface area contributed by atoms with Crippen LogP contribution in [0.1, 0.15) is 12.1 Å². The van der Waals surface area contributed by atoms with Crippen LogP contribution in [0, 0.1) is 6.92 Å². The molecule has 4 nitrogen and oxygen atoms in total. The molecule has 2 rings (SSSR count). The van der Waals surface area contributed by atoms with Gasteiger partial charge in [-0.15, -0.1) is 0 Å². The Kier molecular flexibility index (Phi) is 2.63. The molecule has 1 aliphatic rings. The lowest BCUT2D eigenvalue weighted by Gasteiger charge is -2.12. The molecule has 0 saturated carbocycles. The van der Waals surface area contributed by atoms with Gasteiger partial charge in [-0.05, 0) is 33.0 Å². The van der Waals surface area contributed by atoms with Gasteiger partial charge in [0.05, 0.1) is 0 Å². The lowest BCUT2D eigenvalue weighted by molar-refractivity contribution is 0.414. The van der Waals surface area contributed by atoms with Crippen LogP contribution in [-0.2, 0) is 0 Å². The zero-order valence-corrected chi connectivity index (χ0v) is 8.70. The van der Waals surface area contributed by atoms with Crippen molar-refractivity contribution in [2.24, 2.45) is 0 Å².